The van der Waals surface area contributed by atoms with E-state index < -0.39 is 5.97 Å². The standard InChI is InChI=1S/C12H22N2O4/c1-14(7-3-4-11(15)16)12(17)13-9-5-6-10(8-9)18-2/h9-10H,3-8H2,1-2H3,(H,13,17)(H,15,16). The van der Waals surface area contributed by atoms with Crippen LogP contribution in [0.4, 0.5) is 4.79 Å². The van der Waals surface area contributed by atoms with E-state index in [1.807, 2.05) is 0 Å². The third-order valence-electron chi connectivity index (χ3n) is 3.28. The second kappa shape index (κ2) is 7.20. The third-order valence-corrected chi connectivity index (χ3v) is 3.28. The summed E-state index contributed by atoms with van der Waals surface area (Å²) in [6, 6.07) is 0.0338. The maximum atomic E-state index is 11.8. The number of amides is 2. The summed E-state index contributed by atoms with van der Waals surface area (Å²) in [6.45, 7) is 0.457. The summed E-state index contributed by atoms with van der Waals surface area (Å²) >= 11 is 0. The van der Waals surface area contributed by atoms with Gasteiger partial charge in [0.15, 0.2) is 0 Å². The van der Waals surface area contributed by atoms with Gasteiger partial charge in [0.05, 0.1) is 6.10 Å². The molecule has 6 nitrogen and oxygen atoms in total. The normalized spacial score (nSPS) is 22.8. The zero-order valence-corrected chi connectivity index (χ0v) is 11.0. The molecule has 6 heteroatoms. The Hall–Kier alpha value is -1.30. The predicted molar refractivity (Wildman–Crippen MR) is 66.5 cm³/mol. The molecule has 0 aliphatic heterocycles. The molecule has 2 atom stereocenters. The van der Waals surface area contributed by atoms with E-state index in [0.717, 1.165) is 19.3 Å². The maximum absolute atomic E-state index is 11.8. The van der Waals surface area contributed by atoms with Crippen molar-refractivity contribution in [3.63, 3.8) is 0 Å². The number of hydrogen-bond acceptors (Lipinski definition) is 3. The molecule has 0 aromatic rings. The van der Waals surface area contributed by atoms with Gasteiger partial charge in [0.2, 0.25) is 0 Å². The summed E-state index contributed by atoms with van der Waals surface area (Å²) < 4.78 is 5.24. The number of aliphatic carboxylic acids is 1. The van der Waals surface area contributed by atoms with Crippen LogP contribution in [0, 0.1) is 0 Å². The molecule has 0 saturated heterocycles. The van der Waals surface area contributed by atoms with Crippen molar-refractivity contribution < 1.29 is 19.4 Å². The number of rotatable bonds is 6. The van der Waals surface area contributed by atoms with Crippen molar-refractivity contribution in [2.24, 2.45) is 0 Å². The van der Waals surface area contributed by atoms with Crippen LogP contribution in [0.1, 0.15) is 32.1 Å². The molecule has 2 unspecified atom stereocenters. The first-order valence-corrected chi connectivity index (χ1v) is 6.29. The van der Waals surface area contributed by atoms with E-state index in [4.69, 9.17) is 9.84 Å². The summed E-state index contributed by atoms with van der Waals surface area (Å²) in [5.41, 5.74) is 0. The molecule has 0 aromatic carbocycles. The molecule has 1 saturated carbocycles. The minimum absolute atomic E-state index is 0.0901. The van der Waals surface area contributed by atoms with E-state index in [1.165, 1.54) is 4.90 Å². The van der Waals surface area contributed by atoms with Gasteiger partial charge in [0.25, 0.3) is 0 Å². The van der Waals surface area contributed by atoms with Crippen molar-refractivity contribution in [3.05, 3.63) is 0 Å². The fourth-order valence-corrected chi connectivity index (χ4v) is 2.14. The fraction of sp³-hybridized carbons (Fsp3) is 0.833. The SMILES string of the molecule is COC1CCC(NC(=O)N(C)CCCC(=O)O)C1. The lowest BCUT2D eigenvalue weighted by molar-refractivity contribution is -0.137. The van der Waals surface area contributed by atoms with Gasteiger partial charge in [0, 0.05) is 33.2 Å². The summed E-state index contributed by atoms with van der Waals surface area (Å²) in [6.07, 6.45) is 3.58. The lowest BCUT2D eigenvalue weighted by Gasteiger charge is -2.20. The van der Waals surface area contributed by atoms with Crippen LogP contribution in [0.25, 0.3) is 0 Å². The van der Waals surface area contributed by atoms with Crippen molar-refractivity contribution in [1.82, 2.24) is 10.2 Å². The molecule has 1 aliphatic carbocycles. The van der Waals surface area contributed by atoms with Crippen LogP contribution < -0.4 is 5.32 Å². The Kier molecular flexibility index (Phi) is 5.91. The highest BCUT2D eigenvalue weighted by molar-refractivity contribution is 5.74. The van der Waals surface area contributed by atoms with Gasteiger partial charge in [-0.3, -0.25) is 4.79 Å². The van der Waals surface area contributed by atoms with Crippen LogP contribution in [0.3, 0.4) is 0 Å². The minimum atomic E-state index is -0.831. The Morgan fingerprint density at radius 2 is 2.17 bits per heavy atom. The van der Waals surface area contributed by atoms with Crippen molar-refractivity contribution in [2.45, 2.75) is 44.2 Å². The number of hydrogen-bond donors (Lipinski definition) is 2. The topological polar surface area (TPSA) is 78.9 Å². The number of nitrogens with one attached hydrogen (secondary N) is 1. The highest BCUT2D eigenvalue weighted by Gasteiger charge is 2.26. The van der Waals surface area contributed by atoms with Gasteiger partial charge < -0.3 is 20.1 Å². The van der Waals surface area contributed by atoms with Crippen LogP contribution in [-0.4, -0.2) is 54.9 Å². The van der Waals surface area contributed by atoms with E-state index in [2.05, 4.69) is 5.32 Å². The van der Waals surface area contributed by atoms with Crippen molar-refractivity contribution in [2.75, 3.05) is 20.7 Å². The van der Waals surface area contributed by atoms with Gasteiger partial charge in [-0.1, -0.05) is 0 Å². The van der Waals surface area contributed by atoms with Gasteiger partial charge in [-0.2, -0.15) is 0 Å². The number of carboxylic acids is 1. The number of carboxylic acid groups (broad SMARTS) is 1. The number of urea groups is 1. The average Bonchev–Trinajstić information content (AvgIpc) is 2.76. The maximum Gasteiger partial charge on any atom is 0.317 e. The molecule has 104 valence electrons. The van der Waals surface area contributed by atoms with Gasteiger partial charge in [0.1, 0.15) is 0 Å². The van der Waals surface area contributed by atoms with Crippen LogP contribution in [-0.2, 0) is 9.53 Å². The monoisotopic (exact) mass is 258 g/mol. The Balaban J connectivity index is 2.21. The first kappa shape index (κ1) is 14.8. The molecule has 1 rings (SSSR count). The first-order chi connectivity index (χ1) is 8.52. The van der Waals surface area contributed by atoms with Gasteiger partial charge >= 0.3 is 12.0 Å². The lowest BCUT2D eigenvalue weighted by atomic mass is 10.2. The second-order valence-corrected chi connectivity index (χ2v) is 4.74. The van der Waals surface area contributed by atoms with Crippen molar-refractivity contribution in [1.29, 1.82) is 0 Å². The molecule has 0 radical (unpaired) electrons. The highest BCUT2D eigenvalue weighted by atomic mass is 16.5. The molecule has 1 fully saturated rings. The summed E-state index contributed by atoms with van der Waals surface area (Å²) in [5, 5.41) is 11.5. The molecule has 0 spiro atoms. The van der Waals surface area contributed by atoms with Crippen LogP contribution in [0.2, 0.25) is 0 Å². The van der Waals surface area contributed by atoms with Crippen molar-refractivity contribution >= 4 is 12.0 Å². The van der Waals surface area contributed by atoms with Gasteiger partial charge in [-0.25, -0.2) is 4.79 Å². The molecular formula is C12H22N2O4. The first-order valence-electron chi connectivity index (χ1n) is 6.29. The molecular weight excluding hydrogens is 236 g/mol. The molecule has 2 N–H and O–H groups in total. The quantitative estimate of drug-likeness (QED) is 0.746. The predicted octanol–water partition coefficient (Wildman–Crippen LogP) is 1.06. The van der Waals surface area contributed by atoms with Gasteiger partial charge in [-0.15, -0.1) is 0 Å². The molecule has 0 aromatic heterocycles. The second-order valence-electron chi connectivity index (χ2n) is 4.74. The number of carbonyl (C=O) groups is 2. The fourth-order valence-electron chi connectivity index (χ4n) is 2.14. The number of ether oxygens (including phenoxy) is 1. The largest absolute Gasteiger partial charge is 0.481 e. The Bertz CT molecular complexity index is 296. The summed E-state index contributed by atoms with van der Waals surface area (Å²) in [7, 11) is 3.37. The molecule has 0 heterocycles. The number of carbonyl (C=O) groups excluding carboxylic acids is 1. The minimum Gasteiger partial charge on any atom is -0.481 e. The number of nitrogens with zero attached hydrogens (tertiary/aromatic N) is 1. The van der Waals surface area contributed by atoms with Crippen LogP contribution in [0.5, 0.6) is 0 Å². The molecule has 1 aliphatic rings. The third kappa shape index (κ3) is 4.91. The van der Waals surface area contributed by atoms with Gasteiger partial charge in [-0.05, 0) is 25.7 Å². The van der Waals surface area contributed by atoms with E-state index in [9.17, 15) is 9.59 Å². The lowest BCUT2D eigenvalue weighted by Crippen LogP contribution is -2.42. The van der Waals surface area contributed by atoms with Crippen LogP contribution >= 0.6 is 0 Å². The van der Waals surface area contributed by atoms with E-state index >= 15 is 0 Å². The summed E-state index contributed by atoms with van der Waals surface area (Å²) in [4.78, 5) is 23.7. The summed E-state index contributed by atoms with van der Waals surface area (Å²) in [5.74, 6) is -0.831. The molecule has 2 amide bonds. The zero-order chi connectivity index (χ0) is 13.5. The molecule has 0 bridgehead atoms. The van der Waals surface area contributed by atoms with E-state index in [-0.39, 0.29) is 24.6 Å². The Labute approximate surface area is 107 Å². The molecule has 18 heavy (non-hydrogen) atoms. The van der Waals surface area contributed by atoms with Crippen LogP contribution in [0.15, 0.2) is 0 Å². The smallest absolute Gasteiger partial charge is 0.317 e. The highest BCUT2D eigenvalue weighted by Crippen LogP contribution is 2.21. The van der Waals surface area contributed by atoms with Crippen molar-refractivity contribution in [3.8, 4) is 0 Å². The average molecular weight is 258 g/mol. The zero-order valence-electron chi connectivity index (χ0n) is 11.0. The number of methoxy groups -OCH3 is 1. The van der Waals surface area contributed by atoms with E-state index in [0.29, 0.717) is 13.0 Å². The van der Waals surface area contributed by atoms with E-state index in [1.54, 1.807) is 14.2 Å². The Morgan fingerprint density at radius 1 is 1.44 bits per heavy atom. The Morgan fingerprint density at radius 3 is 2.72 bits per heavy atom.